The van der Waals surface area contributed by atoms with Crippen LogP contribution in [0.15, 0.2) is 35.2 Å². The van der Waals surface area contributed by atoms with E-state index in [4.69, 9.17) is 43.9 Å². The number of sulfonamides is 1. The molecule has 0 radical (unpaired) electrons. The van der Waals surface area contributed by atoms with Gasteiger partial charge in [0.15, 0.2) is 0 Å². The van der Waals surface area contributed by atoms with Crippen LogP contribution in [0, 0.1) is 5.41 Å². The third-order valence-corrected chi connectivity index (χ3v) is 6.94. The summed E-state index contributed by atoms with van der Waals surface area (Å²) in [6.45, 7) is 0.637. The molecule has 6 N–H and O–H groups in total. The first-order chi connectivity index (χ1) is 14.6. The highest BCUT2D eigenvalue weighted by molar-refractivity contribution is 7.89. The van der Waals surface area contributed by atoms with Crippen molar-refractivity contribution in [3.63, 3.8) is 0 Å². The minimum Gasteiger partial charge on any atom is -0.494 e. The number of hydroxylamine groups is 1. The zero-order valence-electron chi connectivity index (χ0n) is 15.9. The predicted molar refractivity (Wildman–Crippen MR) is 117 cm³/mol. The minimum absolute atomic E-state index is 0.0504. The molecule has 2 aromatic rings. The highest BCUT2D eigenvalue weighted by Gasteiger charge is 2.28. The van der Waals surface area contributed by atoms with E-state index in [1.807, 2.05) is 0 Å². The summed E-state index contributed by atoms with van der Waals surface area (Å²) < 4.78 is 32.8. The maximum Gasteiger partial charge on any atom is 0.322 e. The van der Waals surface area contributed by atoms with Crippen molar-refractivity contribution < 1.29 is 27.9 Å². The number of nitrogens with one attached hydrogen (secondary N) is 3. The quantitative estimate of drug-likeness (QED) is 0.125. The van der Waals surface area contributed by atoms with Gasteiger partial charge in [-0.15, -0.1) is 11.3 Å². The summed E-state index contributed by atoms with van der Waals surface area (Å²) in [4.78, 5) is 16.2. The first kappa shape index (κ1) is 25.2. The fraction of sp³-hybridized carbons (Fsp3) is 0.294. The van der Waals surface area contributed by atoms with Crippen LogP contribution in [0.1, 0.15) is 12.0 Å². The van der Waals surface area contributed by atoms with Crippen molar-refractivity contribution >= 4 is 56.5 Å². The highest BCUT2D eigenvalue weighted by Crippen LogP contribution is 2.34. The lowest BCUT2D eigenvalue weighted by molar-refractivity contribution is -0.138. The van der Waals surface area contributed by atoms with Gasteiger partial charge in [0.25, 0.3) is 0 Å². The first-order valence-corrected chi connectivity index (χ1v) is 11.8. The second-order valence-corrected chi connectivity index (χ2v) is 10.1. The molecule has 1 aromatic carbocycles. The molecule has 1 atom stereocenters. The van der Waals surface area contributed by atoms with Gasteiger partial charge in [0, 0.05) is 6.42 Å². The highest BCUT2D eigenvalue weighted by atomic mass is 35.5. The van der Waals surface area contributed by atoms with Crippen LogP contribution in [0.5, 0.6) is 5.75 Å². The van der Waals surface area contributed by atoms with Crippen molar-refractivity contribution in [1.29, 1.82) is 5.41 Å². The molecule has 14 heteroatoms. The number of ether oxygens (including phenoxy) is 1. The van der Waals surface area contributed by atoms with Gasteiger partial charge in [0.2, 0.25) is 16.0 Å². The molecule has 170 valence electrons. The molecule has 0 amide bonds. The Kier molecular flexibility index (Phi) is 9.34. The number of carbonyl (C=O) groups is 1. The van der Waals surface area contributed by atoms with Crippen LogP contribution in [-0.2, 0) is 26.1 Å². The van der Waals surface area contributed by atoms with Gasteiger partial charge < -0.3 is 15.6 Å². The second kappa shape index (κ2) is 11.5. The Morgan fingerprint density at radius 1 is 1.26 bits per heavy atom. The smallest absolute Gasteiger partial charge is 0.322 e. The number of aliphatic carboxylic acids is 1. The van der Waals surface area contributed by atoms with Crippen molar-refractivity contribution in [3.8, 4) is 5.75 Å². The van der Waals surface area contributed by atoms with Gasteiger partial charge in [-0.2, -0.15) is 4.72 Å². The van der Waals surface area contributed by atoms with Gasteiger partial charge in [-0.1, -0.05) is 35.3 Å². The Bertz CT molecular complexity index is 1010. The molecule has 0 aliphatic heterocycles. The van der Waals surface area contributed by atoms with Gasteiger partial charge >= 0.3 is 5.97 Å². The Balaban J connectivity index is 1.92. The lowest BCUT2D eigenvalue weighted by Crippen LogP contribution is -2.42. The molecule has 31 heavy (non-hydrogen) atoms. The number of thiophene rings is 1. The minimum atomic E-state index is -4.17. The molecular formula is C17H20Cl2N4O6S2. The number of carboxylic acids is 1. The summed E-state index contributed by atoms with van der Waals surface area (Å²) in [5.41, 5.74) is 7.86. The van der Waals surface area contributed by atoms with Crippen molar-refractivity contribution in [2.24, 2.45) is 5.73 Å². The van der Waals surface area contributed by atoms with Crippen LogP contribution in [0.25, 0.3) is 0 Å². The molecule has 2 rings (SSSR count). The van der Waals surface area contributed by atoms with E-state index in [0.29, 0.717) is 24.3 Å². The van der Waals surface area contributed by atoms with Crippen molar-refractivity contribution in [2.75, 3.05) is 13.2 Å². The number of rotatable bonds is 12. The summed E-state index contributed by atoms with van der Waals surface area (Å²) in [5, 5.41) is 16.4. The maximum absolute atomic E-state index is 12.5. The zero-order valence-corrected chi connectivity index (χ0v) is 19.1. The van der Waals surface area contributed by atoms with Crippen LogP contribution >= 0.6 is 34.5 Å². The van der Waals surface area contributed by atoms with Crippen LogP contribution in [0.4, 0.5) is 0 Å². The summed E-state index contributed by atoms with van der Waals surface area (Å²) in [6, 6.07) is 6.34. The number of guanidine groups is 1. The lowest BCUT2D eigenvalue weighted by atomic mass is 10.1. The molecule has 0 saturated carbocycles. The number of benzene rings is 1. The van der Waals surface area contributed by atoms with E-state index in [1.54, 1.807) is 24.3 Å². The topological polar surface area (TPSA) is 164 Å². The number of nitrogens with two attached hydrogens (primary N) is 1. The normalized spacial score (nSPS) is 12.3. The standard InChI is InChI=1S/C17H20Cl2N4O6S2/c18-14-9-13(15(19)30-14)31(26,27)23-12(16(24)25)8-10-2-4-11(5-3-10)28-6-1-7-29-22-17(20)21/h2-5,9,12,23H,1,6-8H2,(H,24,25)(H4,20,21,22)/t12-/m0/s1. The van der Waals surface area contributed by atoms with E-state index < -0.39 is 22.0 Å². The number of hydrogen-bond acceptors (Lipinski definition) is 7. The third kappa shape index (κ3) is 8.16. The first-order valence-electron chi connectivity index (χ1n) is 8.72. The van der Waals surface area contributed by atoms with Gasteiger partial charge in [0.1, 0.15) is 21.0 Å². The lowest BCUT2D eigenvalue weighted by Gasteiger charge is -2.15. The van der Waals surface area contributed by atoms with Crippen molar-refractivity contribution in [2.45, 2.75) is 23.8 Å². The summed E-state index contributed by atoms with van der Waals surface area (Å²) >= 11 is 12.5. The average Bonchev–Trinajstić information content (AvgIpc) is 3.04. The monoisotopic (exact) mass is 510 g/mol. The van der Waals surface area contributed by atoms with Crippen LogP contribution < -0.4 is 20.7 Å². The molecule has 1 aromatic heterocycles. The van der Waals surface area contributed by atoms with E-state index in [-0.39, 0.29) is 32.6 Å². The number of carboxylic acid groups (broad SMARTS) is 1. The van der Waals surface area contributed by atoms with Gasteiger partial charge in [-0.05, 0) is 30.2 Å². The maximum atomic E-state index is 12.5. The summed E-state index contributed by atoms with van der Waals surface area (Å²) in [6.07, 6.45) is 0.453. The van der Waals surface area contributed by atoms with Crippen LogP contribution in [-0.4, -0.2) is 44.7 Å². The average molecular weight is 511 g/mol. The van der Waals surface area contributed by atoms with E-state index in [9.17, 15) is 18.3 Å². The third-order valence-electron chi connectivity index (χ3n) is 3.72. The van der Waals surface area contributed by atoms with Crippen molar-refractivity contribution in [1.82, 2.24) is 10.2 Å². The zero-order chi connectivity index (χ0) is 23.0. The molecule has 0 aliphatic rings. The fourth-order valence-electron chi connectivity index (χ4n) is 2.35. The number of hydrogen-bond donors (Lipinski definition) is 5. The molecule has 0 unspecified atom stereocenters. The molecule has 0 spiro atoms. The summed E-state index contributed by atoms with van der Waals surface area (Å²) in [7, 11) is -4.17. The molecule has 0 bridgehead atoms. The molecule has 10 nitrogen and oxygen atoms in total. The number of halogens is 2. The van der Waals surface area contributed by atoms with Gasteiger partial charge in [-0.3, -0.25) is 15.0 Å². The van der Waals surface area contributed by atoms with E-state index >= 15 is 0 Å². The molecular weight excluding hydrogens is 491 g/mol. The summed E-state index contributed by atoms with van der Waals surface area (Å²) in [5.74, 6) is -1.07. The van der Waals surface area contributed by atoms with E-state index in [0.717, 1.165) is 11.3 Å². The van der Waals surface area contributed by atoms with Gasteiger partial charge in [0.05, 0.1) is 17.6 Å². The molecule has 1 heterocycles. The Morgan fingerprint density at radius 3 is 2.48 bits per heavy atom. The van der Waals surface area contributed by atoms with Crippen LogP contribution in [0.2, 0.25) is 8.67 Å². The van der Waals surface area contributed by atoms with Crippen LogP contribution in [0.3, 0.4) is 0 Å². The fourth-order valence-corrected chi connectivity index (χ4v) is 5.68. The van der Waals surface area contributed by atoms with Crippen molar-refractivity contribution in [3.05, 3.63) is 44.6 Å². The Morgan fingerprint density at radius 2 is 1.94 bits per heavy atom. The Labute approximate surface area is 192 Å². The molecule has 0 aliphatic carbocycles. The van der Waals surface area contributed by atoms with E-state index in [2.05, 4.69) is 10.2 Å². The molecule has 0 fully saturated rings. The predicted octanol–water partition coefficient (Wildman–Crippen LogP) is 2.21. The molecule has 0 saturated heterocycles. The largest absolute Gasteiger partial charge is 0.494 e. The Hall–Kier alpha value is -2.09. The van der Waals surface area contributed by atoms with E-state index in [1.165, 1.54) is 6.07 Å². The SMILES string of the molecule is N=C(N)NOCCCOc1ccc(C[C@H](NS(=O)(=O)c2cc(Cl)sc2Cl)C(=O)O)cc1. The van der Waals surface area contributed by atoms with Gasteiger partial charge in [-0.25, -0.2) is 13.9 Å². The second-order valence-electron chi connectivity index (χ2n) is 6.11.